The van der Waals surface area contributed by atoms with E-state index in [0.717, 1.165) is 6.42 Å². The van der Waals surface area contributed by atoms with Gasteiger partial charge in [0.2, 0.25) is 0 Å². The van der Waals surface area contributed by atoms with Crippen LogP contribution in [0.15, 0.2) is 37.0 Å². The summed E-state index contributed by atoms with van der Waals surface area (Å²) in [6.45, 7) is 5.98. The minimum absolute atomic E-state index is 1.14. The van der Waals surface area contributed by atoms with Crippen LogP contribution < -0.4 is 0 Å². The molecule has 0 aromatic carbocycles. The third-order valence-corrected chi connectivity index (χ3v) is 2.84. The Morgan fingerprint density at radius 2 is 1.24 bits per heavy atom. The van der Waals surface area contributed by atoms with Crippen molar-refractivity contribution in [2.24, 2.45) is 0 Å². The van der Waals surface area contributed by atoms with Gasteiger partial charge in [-0.1, -0.05) is 56.6 Å². The fourth-order valence-corrected chi connectivity index (χ4v) is 1.73. The molecule has 0 aromatic heterocycles. The molecule has 0 rings (SSSR count). The normalized spacial score (nSPS) is 11.6. The Labute approximate surface area is 109 Å². The molecule has 0 heterocycles. The first-order chi connectivity index (χ1) is 8.41. The van der Waals surface area contributed by atoms with Crippen molar-refractivity contribution in [2.45, 2.75) is 71.1 Å². The van der Waals surface area contributed by atoms with Gasteiger partial charge < -0.3 is 0 Å². The maximum Gasteiger partial charge on any atom is -0.0316 e. The molecule has 0 radical (unpaired) electrons. The van der Waals surface area contributed by atoms with Gasteiger partial charge in [0.1, 0.15) is 0 Å². The summed E-state index contributed by atoms with van der Waals surface area (Å²) in [5, 5.41) is 0. The fraction of sp³-hybridized carbons (Fsp3) is 0.647. The molecule has 0 aliphatic rings. The van der Waals surface area contributed by atoms with Crippen molar-refractivity contribution < 1.29 is 0 Å². The molecule has 0 saturated heterocycles. The van der Waals surface area contributed by atoms with Crippen molar-refractivity contribution in [3.05, 3.63) is 37.0 Å². The van der Waals surface area contributed by atoms with Crippen LogP contribution in [0.3, 0.4) is 0 Å². The fourth-order valence-electron chi connectivity index (χ4n) is 1.73. The van der Waals surface area contributed by atoms with Crippen LogP contribution in [0, 0.1) is 0 Å². The van der Waals surface area contributed by atoms with E-state index in [1.54, 1.807) is 0 Å². The van der Waals surface area contributed by atoms with Crippen molar-refractivity contribution in [1.82, 2.24) is 0 Å². The van der Waals surface area contributed by atoms with E-state index in [1.807, 2.05) is 6.08 Å². The number of allylic oxidation sites excluding steroid dienone is 5. The van der Waals surface area contributed by atoms with Crippen LogP contribution in [-0.2, 0) is 0 Å². The molecule has 0 fully saturated rings. The summed E-state index contributed by atoms with van der Waals surface area (Å²) in [4.78, 5) is 0. The second-order valence-electron chi connectivity index (χ2n) is 4.59. The van der Waals surface area contributed by atoms with Crippen molar-refractivity contribution in [3.8, 4) is 0 Å². The van der Waals surface area contributed by atoms with Gasteiger partial charge in [0.25, 0.3) is 0 Å². The third-order valence-electron chi connectivity index (χ3n) is 2.84. The molecular weight excluding hydrogens is 204 g/mol. The number of hydrogen-bond acceptors (Lipinski definition) is 0. The maximum atomic E-state index is 3.72. The van der Waals surface area contributed by atoms with E-state index >= 15 is 0 Å². The molecule has 0 spiro atoms. The molecule has 0 unspecified atom stereocenters. The molecule has 0 aliphatic carbocycles. The molecule has 0 nitrogen and oxygen atoms in total. The molecule has 0 amide bonds. The third kappa shape index (κ3) is 15.2. The first-order valence-electron chi connectivity index (χ1n) is 7.32. The lowest BCUT2D eigenvalue weighted by Gasteiger charge is -1.94. The van der Waals surface area contributed by atoms with Crippen molar-refractivity contribution in [3.63, 3.8) is 0 Å². The van der Waals surface area contributed by atoms with Gasteiger partial charge in [-0.15, -0.1) is 6.58 Å². The lowest BCUT2D eigenvalue weighted by molar-refractivity contribution is 0.674. The summed E-state index contributed by atoms with van der Waals surface area (Å²) < 4.78 is 0. The highest BCUT2D eigenvalue weighted by Crippen LogP contribution is 2.04. The van der Waals surface area contributed by atoms with Crippen LogP contribution in [0.4, 0.5) is 0 Å². The Morgan fingerprint density at radius 3 is 1.82 bits per heavy atom. The van der Waals surface area contributed by atoms with Crippen LogP contribution >= 0.6 is 0 Å². The zero-order valence-electron chi connectivity index (χ0n) is 11.7. The lowest BCUT2D eigenvalue weighted by atomic mass is 10.1. The zero-order valence-corrected chi connectivity index (χ0v) is 11.7. The quantitative estimate of drug-likeness (QED) is 0.278. The predicted octanol–water partition coefficient (Wildman–Crippen LogP) is 6.21. The maximum absolute atomic E-state index is 3.72. The molecule has 0 atom stereocenters. The van der Waals surface area contributed by atoms with Crippen LogP contribution in [-0.4, -0.2) is 0 Å². The van der Waals surface area contributed by atoms with Gasteiger partial charge in [0, 0.05) is 0 Å². The van der Waals surface area contributed by atoms with Crippen LogP contribution in [0.1, 0.15) is 71.1 Å². The van der Waals surface area contributed by atoms with Gasteiger partial charge in [0.15, 0.2) is 0 Å². The van der Waals surface area contributed by atoms with Crippen molar-refractivity contribution in [1.29, 1.82) is 0 Å². The molecule has 0 aliphatic heterocycles. The van der Waals surface area contributed by atoms with E-state index in [-0.39, 0.29) is 0 Å². The monoisotopic (exact) mass is 234 g/mol. The average Bonchev–Trinajstić information content (AvgIpc) is 2.35. The average molecular weight is 234 g/mol. The summed E-state index contributed by atoms with van der Waals surface area (Å²) in [5.74, 6) is 0. The van der Waals surface area contributed by atoms with Gasteiger partial charge >= 0.3 is 0 Å². The van der Waals surface area contributed by atoms with E-state index < -0.39 is 0 Å². The Kier molecular flexibility index (Phi) is 14.5. The summed E-state index contributed by atoms with van der Waals surface area (Å²) in [6.07, 6.45) is 24.0. The number of hydrogen-bond donors (Lipinski definition) is 0. The summed E-state index contributed by atoms with van der Waals surface area (Å²) in [5.41, 5.74) is 0. The van der Waals surface area contributed by atoms with E-state index in [4.69, 9.17) is 0 Å². The smallest absolute Gasteiger partial charge is 0.0316 e. The summed E-state index contributed by atoms with van der Waals surface area (Å²) >= 11 is 0. The first kappa shape index (κ1) is 16.2. The number of rotatable bonds is 12. The molecule has 17 heavy (non-hydrogen) atoms. The first-order valence-corrected chi connectivity index (χ1v) is 7.32. The largest absolute Gasteiger partial charge is 0.103 e. The van der Waals surface area contributed by atoms with Crippen molar-refractivity contribution >= 4 is 0 Å². The topological polar surface area (TPSA) is 0 Å². The van der Waals surface area contributed by atoms with E-state index in [1.165, 1.54) is 57.8 Å². The minimum Gasteiger partial charge on any atom is -0.103 e. The van der Waals surface area contributed by atoms with Crippen molar-refractivity contribution in [2.75, 3.05) is 0 Å². The molecule has 0 saturated carbocycles. The highest BCUT2D eigenvalue weighted by Gasteiger charge is 1.84. The Balaban J connectivity index is 3.15. The van der Waals surface area contributed by atoms with Gasteiger partial charge in [-0.2, -0.15) is 0 Å². The van der Waals surface area contributed by atoms with Crippen LogP contribution in [0.25, 0.3) is 0 Å². The number of unbranched alkanes of at least 4 members (excludes halogenated alkanes) is 7. The summed E-state index contributed by atoms with van der Waals surface area (Å²) in [7, 11) is 0. The van der Waals surface area contributed by atoms with E-state index in [0.29, 0.717) is 0 Å². The zero-order chi connectivity index (χ0) is 12.6. The molecule has 0 N–H and O–H groups in total. The summed E-state index contributed by atoms with van der Waals surface area (Å²) in [6, 6.07) is 0. The van der Waals surface area contributed by atoms with Gasteiger partial charge in [-0.05, 0) is 44.9 Å². The van der Waals surface area contributed by atoms with Gasteiger partial charge in [-0.3, -0.25) is 0 Å². The van der Waals surface area contributed by atoms with Gasteiger partial charge in [-0.25, -0.2) is 0 Å². The van der Waals surface area contributed by atoms with E-state index in [9.17, 15) is 0 Å². The molecule has 98 valence electrons. The van der Waals surface area contributed by atoms with Gasteiger partial charge in [0.05, 0.1) is 0 Å². The van der Waals surface area contributed by atoms with E-state index in [2.05, 4.69) is 37.8 Å². The minimum atomic E-state index is 1.14. The van der Waals surface area contributed by atoms with Crippen LogP contribution in [0.2, 0.25) is 0 Å². The Morgan fingerprint density at radius 1 is 0.647 bits per heavy atom. The molecule has 0 heteroatoms. The Bertz CT molecular complexity index is 198. The second-order valence-corrected chi connectivity index (χ2v) is 4.59. The molecule has 0 bridgehead atoms. The molecular formula is C17H30. The molecule has 0 aromatic rings. The Hall–Kier alpha value is -0.780. The second kappa shape index (κ2) is 15.2. The highest BCUT2D eigenvalue weighted by molar-refractivity contribution is 4.88. The lowest BCUT2D eigenvalue weighted by Crippen LogP contribution is -1.74. The SMILES string of the molecule is C=CCCCC=CCCC=CCCCCCC. The van der Waals surface area contributed by atoms with Crippen LogP contribution in [0.5, 0.6) is 0 Å². The standard InChI is InChI=1S/C17H30/c1-3-5-7-9-11-13-15-17-16-14-12-10-8-6-4-2/h3,11,13-14,16H,1,4-10,12,15,17H2,2H3. The predicted molar refractivity (Wildman–Crippen MR) is 80.3 cm³/mol. The highest BCUT2D eigenvalue weighted by atomic mass is 13.9.